The van der Waals surface area contributed by atoms with Crippen LogP contribution in [0.25, 0.3) is 0 Å². The maximum atomic E-state index is 11.3. The first-order valence-electron chi connectivity index (χ1n) is 6.66. The average Bonchev–Trinajstić information content (AvgIpc) is 2.82. The first-order valence-corrected chi connectivity index (χ1v) is 7.89. The van der Waals surface area contributed by atoms with Crippen LogP contribution >= 0.6 is 11.8 Å². The SMILES string of the molecule is CSc1nn(C2CC(C(=O)O)CC(C(=O)O)C2)c(N)c1C#N. The standard InChI is InChI=1S/C13H16N4O4S/c1-22-11-9(5-14)10(15)17(16-11)8-3-6(12(18)19)2-7(4-8)13(20)21/h6-8H,2-4,15H2,1H3,(H,18,19)(H,20,21). The molecule has 0 aliphatic heterocycles. The fourth-order valence-electron chi connectivity index (χ4n) is 2.84. The molecule has 2 atom stereocenters. The molecule has 4 N–H and O–H groups in total. The molecule has 1 aromatic rings. The van der Waals surface area contributed by atoms with E-state index in [0.29, 0.717) is 5.03 Å². The quantitative estimate of drug-likeness (QED) is 0.701. The van der Waals surface area contributed by atoms with E-state index < -0.39 is 29.8 Å². The summed E-state index contributed by atoms with van der Waals surface area (Å²) in [5.41, 5.74) is 6.18. The molecule has 8 nitrogen and oxygen atoms in total. The molecule has 0 aromatic carbocycles. The van der Waals surface area contributed by atoms with Crippen LogP contribution in [0.2, 0.25) is 0 Å². The predicted molar refractivity (Wildman–Crippen MR) is 78.3 cm³/mol. The molecule has 1 aliphatic rings. The van der Waals surface area contributed by atoms with Crippen molar-refractivity contribution in [2.45, 2.75) is 30.3 Å². The zero-order valence-electron chi connectivity index (χ0n) is 11.9. The highest BCUT2D eigenvalue weighted by Gasteiger charge is 2.38. The Hall–Kier alpha value is -2.21. The van der Waals surface area contributed by atoms with Crippen molar-refractivity contribution in [3.05, 3.63) is 5.56 Å². The summed E-state index contributed by atoms with van der Waals surface area (Å²) in [6.07, 6.45) is 2.37. The van der Waals surface area contributed by atoms with Gasteiger partial charge in [-0.15, -0.1) is 11.8 Å². The van der Waals surface area contributed by atoms with Crippen molar-refractivity contribution in [2.75, 3.05) is 12.0 Å². The second-order valence-corrected chi connectivity index (χ2v) is 6.05. The summed E-state index contributed by atoms with van der Waals surface area (Å²) in [4.78, 5) is 22.5. The summed E-state index contributed by atoms with van der Waals surface area (Å²) in [6, 6.07) is 1.54. The molecule has 1 aromatic heterocycles. The molecule has 0 spiro atoms. The number of nitriles is 1. The smallest absolute Gasteiger partial charge is 0.306 e. The Morgan fingerprint density at radius 1 is 1.32 bits per heavy atom. The minimum absolute atomic E-state index is 0.100. The number of nitrogens with zero attached hydrogens (tertiary/aromatic N) is 3. The number of carboxylic acids is 2. The number of thioether (sulfide) groups is 1. The van der Waals surface area contributed by atoms with Gasteiger partial charge in [0.1, 0.15) is 22.5 Å². The minimum atomic E-state index is -1.02. The van der Waals surface area contributed by atoms with Gasteiger partial charge in [0.2, 0.25) is 0 Å². The van der Waals surface area contributed by atoms with E-state index in [4.69, 9.17) is 11.0 Å². The van der Waals surface area contributed by atoms with Gasteiger partial charge in [-0.2, -0.15) is 10.4 Å². The van der Waals surface area contributed by atoms with E-state index >= 15 is 0 Å². The van der Waals surface area contributed by atoms with E-state index in [0.717, 1.165) is 0 Å². The fraction of sp³-hybridized carbons (Fsp3) is 0.538. The Bertz CT molecular complexity index is 629. The molecule has 0 bridgehead atoms. The van der Waals surface area contributed by atoms with Gasteiger partial charge < -0.3 is 15.9 Å². The second kappa shape index (κ2) is 6.27. The van der Waals surface area contributed by atoms with Gasteiger partial charge in [-0.3, -0.25) is 9.59 Å². The van der Waals surface area contributed by atoms with Gasteiger partial charge in [-0.1, -0.05) is 0 Å². The van der Waals surface area contributed by atoms with Crippen molar-refractivity contribution in [2.24, 2.45) is 11.8 Å². The van der Waals surface area contributed by atoms with Crippen LogP contribution in [0.15, 0.2) is 5.03 Å². The van der Waals surface area contributed by atoms with Crippen LogP contribution in [0.3, 0.4) is 0 Å². The van der Waals surface area contributed by atoms with E-state index in [1.165, 1.54) is 16.4 Å². The molecular weight excluding hydrogens is 308 g/mol. The minimum Gasteiger partial charge on any atom is -0.481 e. The molecule has 2 unspecified atom stereocenters. The van der Waals surface area contributed by atoms with Crippen molar-refractivity contribution in [1.29, 1.82) is 5.26 Å². The lowest BCUT2D eigenvalue weighted by atomic mass is 9.78. The number of anilines is 1. The third-order valence-electron chi connectivity index (χ3n) is 3.95. The van der Waals surface area contributed by atoms with Crippen molar-refractivity contribution in [3.63, 3.8) is 0 Å². The normalized spacial score (nSPS) is 24.6. The predicted octanol–water partition coefficient (Wildman–Crippen LogP) is 1.19. The van der Waals surface area contributed by atoms with Crippen LogP contribution in [-0.2, 0) is 9.59 Å². The summed E-state index contributed by atoms with van der Waals surface area (Å²) in [5, 5.41) is 32.3. The number of carboxylic acid groups (broad SMARTS) is 2. The lowest BCUT2D eigenvalue weighted by Gasteiger charge is -2.31. The lowest BCUT2D eigenvalue weighted by molar-refractivity contribution is -0.149. The molecule has 118 valence electrons. The summed E-state index contributed by atoms with van der Waals surface area (Å²) in [6.45, 7) is 0. The van der Waals surface area contributed by atoms with Crippen LogP contribution in [0, 0.1) is 23.2 Å². The van der Waals surface area contributed by atoms with Crippen LogP contribution in [-0.4, -0.2) is 38.2 Å². The topological polar surface area (TPSA) is 142 Å². The highest BCUT2D eigenvalue weighted by Crippen LogP contribution is 2.39. The summed E-state index contributed by atoms with van der Waals surface area (Å²) >= 11 is 1.27. The van der Waals surface area contributed by atoms with E-state index in [-0.39, 0.29) is 30.6 Å². The van der Waals surface area contributed by atoms with Gasteiger partial charge >= 0.3 is 11.9 Å². The number of carbonyl (C=O) groups is 2. The molecule has 1 heterocycles. The third kappa shape index (κ3) is 2.87. The van der Waals surface area contributed by atoms with Gasteiger partial charge in [0.25, 0.3) is 0 Å². The van der Waals surface area contributed by atoms with E-state index in [1.807, 2.05) is 6.07 Å². The molecule has 1 saturated carbocycles. The zero-order valence-corrected chi connectivity index (χ0v) is 12.7. The molecule has 1 fully saturated rings. The van der Waals surface area contributed by atoms with Crippen molar-refractivity contribution in [3.8, 4) is 6.07 Å². The Kier molecular flexibility index (Phi) is 4.61. The molecule has 0 amide bonds. The van der Waals surface area contributed by atoms with Gasteiger partial charge in [0, 0.05) is 0 Å². The van der Waals surface area contributed by atoms with Crippen LogP contribution in [0.1, 0.15) is 30.9 Å². The van der Waals surface area contributed by atoms with Crippen molar-refractivity contribution >= 4 is 29.5 Å². The Labute approximate surface area is 130 Å². The molecule has 2 rings (SSSR count). The maximum absolute atomic E-state index is 11.3. The molecule has 1 aliphatic carbocycles. The fourth-order valence-corrected chi connectivity index (χ4v) is 3.37. The van der Waals surface area contributed by atoms with E-state index in [2.05, 4.69) is 5.10 Å². The Morgan fingerprint density at radius 3 is 2.23 bits per heavy atom. The first kappa shape index (κ1) is 16.2. The Morgan fingerprint density at radius 2 is 1.86 bits per heavy atom. The number of nitrogen functional groups attached to an aromatic ring is 1. The molecule has 22 heavy (non-hydrogen) atoms. The zero-order chi connectivity index (χ0) is 16.4. The lowest BCUT2D eigenvalue weighted by Crippen LogP contribution is -2.33. The van der Waals surface area contributed by atoms with Crippen LogP contribution in [0.4, 0.5) is 5.82 Å². The van der Waals surface area contributed by atoms with Crippen molar-refractivity contribution in [1.82, 2.24) is 9.78 Å². The van der Waals surface area contributed by atoms with Crippen LogP contribution in [0.5, 0.6) is 0 Å². The molecule has 0 saturated heterocycles. The summed E-state index contributed by atoms with van der Waals surface area (Å²) < 4.78 is 1.41. The average molecular weight is 324 g/mol. The first-order chi connectivity index (χ1) is 10.4. The van der Waals surface area contributed by atoms with Crippen molar-refractivity contribution < 1.29 is 19.8 Å². The van der Waals surface area contributed by atoms with Gasteiger partial charge in [0.05, 0.1) is 17.9 Å². The second-order valence-electron chi connectivity index (χ2n) is 5.26. The number of hydrogen-bond donors (Lipinski definition) is 3. The number of nitrogens with two attached hydrogens (primary N) is 1. The van der Waals surface area contributed by atoms with Gasteiger partial charge in [-0.25, -0.2) is 4.68 Å². The Balaban J connectivity index is 2.38. The largest absolute Gasteiger partial charge is 0.481 e. The number of aliphatic carboxylic acids is 2. The van der Waals surface area contributed by atoms with Gasteiger partial charge in [0.15, 0.2) is 0 Å². The maximum Gasteiger partial charge on any atom is 0.306 e. The third-order valence-corrected chi connectivity index (χ3v) is 4.62. The van der Waals surface area contributed by atoms with Crippen LogP contribution < -0.4 is 5.73 Å². The highest BCUT2D eigenvalue weighted by molar-refractivity contribution is 7.98. The summed E-state index contributed by atoms with van der Waals surface area (Å²) in [5.74, 6) is -3.40. The molecule has 9 heteroatoms. The number of aromatic nitrogens is 2. The number of hydrogen-bond acceptors (Lipinski definition) is 6. The summed E-state index contributed by atoms with van der Waals surface area (Å²) in [7, 11) is 0. The van der Waals surface area contributed by atoms with E-state index in [1.54, 1.807) is 6.26 Å². The van der Waals surface area contributed by atoms with E-state index in [9.17, 15) is 19.8 Å². The monoisotopic (exact) mass is 324 g/mol. The highest BCUT2D eigenvalue weighted by atomic mass is 32.2. The number of rotatable bonds is 4. The molecular formula is C13H16N4O4S. The van der Waals surface area contributed by atoms with Gasteiger partial charge in [-0.05, 0) is 25.5 Å². The molecule has 0 radical (unpaired) electrons.